The molecule has 1 aromatic heterocycles. The van der Waals surface area contributed by atoms with Gasteiger partial charge >= 0.3 is 7.60 Å². The van der Waals surface area contributed by atoms with Gasteiger partial charge in [-0.3, -0.25) is 4.57 Å². The van der Waals surface area contributed by atoms with Gasteiger partial charge in [-0.2, -0.15) is 4.98 Å². The van der Waals surface area contributed by atoms with E-state index in [2.05, 4.69) is 15.3 Å². The van der Waals surface area contributed by atoms with Crippen molar-refractivity contribution < 1.29 is 13.6 Å². The summed E-state index contributed by atoms with van der Waals surface area (Å²) < 4.78 is 22.6. The molecule has 6 nitrogen and oxygen atoms in total. The highest BCUT2D eigenvalue weighted by molar-refractivity contribution is 7.62. The zero-order chi connectivity index (χ0) is 15.5. The molecule has 0 saturated heterocycles. The van der Waals surface area contributed by atoms with E-state index < -0.39 is 7.60 Å². The summed E-state index contributed by atoms with van der Waals surface area (Å²) in [4.78, 5) is 7.75. The molecule has 1 heterocycles. The molecule has 112 valence electrons. The zero-order valence-electron chi connectivity index (χ0n) is 11.2. The number of aromatic nitrogens is 2. The number of anilines is 2. The molecule has 0 spiro atoms. The highest BCUT2D eigenvalue weighted by Gasteiger charge is 2.27. The highest BCUT2D eigenvalue weighted by Crippen LogP contribution is 2.47. The third-order valence-corrected chi connectivity index (χ3v) is 5.05. The Balaban J connectivity index is 2.46. The van der Waals surface area contributed by atoms with Crippen molar-refractivity contribution in [3.63, 3.8) is 0 Å². The van der Waals surface area contributed by atoms with Crippen molar-refractivity contribution in [2.75, 3.05) is 19.5 Å². The fraction of sp³-hybridized carbons (Fsp3) is 0.167. The Kier molecular flexibility index (Phi) is 5.19. The molecular weight excluding hydrogens is 336 g/mol. The number of benzene rings is 1. The second kappa shape index (κ2) is 6.73. The van der Waals surface area contributed by atoms with E-state index in [9.17, 15) is 4.57 Å². The summed E-state index contributed by atoms with van der Waals surface area (Å²) >= 11 is 11.7. The summed E-state index contributed by atoms with van der Waals surface area (Å²) in [5, 5.41) is 3.64. The van der Waals surface area contributed by atoms with Crippen LogP contribution in [0.4, 0.5) is 11.5 Å². The first-order chi connectivity index (χ1) is 10.00. The molecule has 0 aliphatic carbocycles. The van der Waals surface area contributed by atoms with Crippen LogP contribution in [0.25, 0.3) is 0 Å². The van der Waals surface area contributed by atoms with Gasteiger partial charge in [0.05, 0.1) is 17.2 Å². The van der Waals surface area contributed by atoms with Gasteiger partial charge in [-0.05, 0) is 23.7 Å². The predicted octanol–water partition coefficient (Wildman–Crippen LogP) is 3.64. The molecule has 9 heteroatoms. The first-order valence-electron chi connectivity index (χ1n) is 5.76. The fourth-order valence-corrected chi connectivity index (χ4v) is 3.16. The lowest BCUT2D eigenvalue weighted by molar-refractivity contribution is 0.287. The van der Waals surface area contributed by atoms with Crippen LogP contribution in [-0.2, 0) is 13.6 Å². The Bertz CT molecular complexity index is 691. The van der Waals surface area contributed by atoms with E-state index in [1.807, 2.05) is 0 Å². The molecule has 0 amide bonds. The standard InChI is InChI=1S/C12H12Cl2N3O3P/c1-19-21(18,20-2)10-6-4-3-5-9(10)16-11-8(13)7-15-12(14)17-11/h3-7H,1-2H3,(H,15,16,17). The van der Waals surface area contributed by atoms with Crippen molar-refractivity contribution in [2.45, 2.75) is 0 Å². The third kappa shape index (κ3) is 3.54. The van der Waals surface area contributed by atoms with Crippen LogP contribution in [0.15, 0.2) is 30.5 Å². The SMILES string of the molecule is COP(=O)(OC)c1ccccc1Nc1nc(Cl)ncc1Cl. The lowest BCUT2D eigenvalue weighted by atomic mass is 10.3. The van der Waals surface area contributed by atoms with E-state index in [0.717, 1.165) is 0 Å². The normalized spacial score (nSPS) is 11.4. The minimum Gasteiger partial charge on any atom is -0.338 e. The first kappa shape index (κ1) is 16.2. The Morgan fingerprint density at radius 2 is 1.86 bits per heavy atom. The average Bonchev–Trinajstić information content (AvgIpc) is 2.51. The molecule has 0 aliphatic rings. The van der Waals surface area contributed by atoms with E-state index in [4.69, 9.17) is 32.2 Å². The maximum atomic E-state index is 12.5. The summed E-state index contributed by atoms with van der Waals surface area (Å²) in [6.45, 7) is 0. The van der Waals surface area contributed by atoms with Crippen LogP contribution in [0.2, 0.25) is 10.3 Å². The van der Waals surface area contributed by atoms with Gasteiger partial charge in [0.1, 0.15) is 5.02 Å². The van der Waals surface area contributed by atoms with Gasteiger partial charge in [-0.15, -0.1) is 0 Å². The molecule has 0 atom stereocenters. The zero-order valence-corrected chi connectivity index (χ0v) is 13.6. The summed E-state index contributed by atoms with van der Waals surface area (Å²) in [6, 6.07) is 6.82. The van der Waals surface area contributed by atoms with E-state index in [-0.39, 0.29) is 10.3 Å². The van der Waals surface area contributed by atoms with Crippen LogP contribution >= 0.6 is 30.8 Å². The van der Waals surface area contributed by atoms with Gasteiger partial charge in [-0.1, -0.05) is 23.7 Å². The molecule has 0 saturated carbocycles. The summed E-state index contributed by atoms with van der Waals surface area (Å²) in [5.41, 5.74) is 0.487. The van der Waals surface area contributed by atoms with Gasteiger partial charge in [0.15, 0.2) is 5.82 Å². The number of nitrogens with zero attached hydrogens (tertiary/aromatic N) is 2. The van der Waals surface area contributed by atoms with Gasteiger partial charge in [0, 0.05) is 14.2 Å². The van der Waals surface area contributed by atoms with Crippen LogP contribution in [0.1, 0.15) is 0 Å². The number of hydrogen-bond acceptors (Lipinski definition) is 6. The second-order valence-corrected chi connectivity index (χ2v) is 6.79. The number of hydrogen-bond donors (Lipinski definition) is 1. The lowest BCUT2D eigenvalue weighted by Gasteiger charge is -2.18. The van der Waals surface area contributed by atoms with Gasteiger partial charge in [0.2, 0.25) is 5.28 Å². The maximum absolute atomic E-state index is 12.5. The molecule has 2 rings (SSSR count). The molecule has 1 N–H and O–H groups in total. The quantitative estimate of drug-likeness (QED) is 0.657. The topological polar surface area (TPSA) is 73.3 Å². The van der Waals surface area contributed by atoms with Crippen LogP contribution in [0.3, 0.4) is 0 Å². The third-order valence-electron chi connectivity index (χ3n) is 2.65. The van der Waals surface area contributed by atoms with Gasteiger partial charge in [-0.25, -0.2) is 4.98 Å². The summed E-state index contributed by atoms with van der Waals surface area (Å²) in [6.07, 6.45) is 1.37. The van der Waals surface area contributed by atoms with Crippen LogP contribution in [0.5, 0.6) is 0 Å². The predicted molar refractivity (Wildman–Crippen MR) is 83.0 cm³/mol. The van der Waals surface area contributed by atoms with Crippen molar-refractivity contribution in [3.05, 3.63) is 40.8 Å². The summed E-state index contributed by atoms with van der Waals surface area (Å²) in [7, 11) is -0.787. The van der Waals surface area contributed by atoms with E-state index in [1.54, 1.807) is 24.3 Å². The summed E-state index contributed by atoms with van der Waals surface area (Å²) in [5.74, 6) is 0.294. The van der Waals surface area contributed by atoms with Crippen LogP contribution < -0.4 is 10.6 Å². The Labute approximate surface area is 132 Å². The van der Waals surface area contributed by atoms with E-state index in [0.29, 0.717) is 16.8 Å². The number of nitrogens with one attached hydrogen (secondary N) is 1. The largest absolute Gasteiger partial charge is 0.362 e. The second-order valence-electron chi connectivity index (χ2n) is 3.84. The van der Waals surface area contributed by atoms with E-state index >= 15 is 0 Å². The van der Waals surface area contributed by atoms with Crippen LogP contribution in [-0.4, -0.2) is 24.2 Å². The maximum Gasteiger partial charge on any atom is 0.362 e. The van der Waals surface area contributed by atoms with Gasteiger partial charge < -0.3 is 14.4 Å². The number of halogens is 2. The van der Waals surface area contributed by atoms with Crippen molar-refractivity contribution in [1.29, 1.82) is 0 Å². The Morgan fingerprint density at radius 3 is 2.52 bits per heavy atom. The highest BCUT2D eigenvalue weighted by atomic mass is 35.5. The number of rotatable bonds is 5. The fourth-order valence-electron chi connectivity index (χ4n) is 1.65. The molecule has 0 unspecified atom stereocenters. The molecule has 1 aromatic carbocycles. The minimum atomic E-state index is -3.42. The van der Waals surface area contributed by atoms with Crippen molar-refractivity contribution >= 4 is 47.6 Å². The minimum absolute atomic E-state index is 0.0426. The van der Waals surface area contributed by atoms with Crippen molar-refractivity contribution in [3.8, 4) is 0 Å². The van der Waals surface area contributed by atoms with Crippen LogP contribution in [0, 0.1) is 0 Å². The Morgan fingerprint density at radius 1 is 1.19 bits per heavy atom. The molecule has 0 fully saturated rings. The van der Waals surface area contributed by atoms with Crippen molar-refractivity contribution in [2.24, 2.45) is 0 Å². The molecule has 0 bridgehead atoms. The molecule has 0 aliphatic heterocycles. The monoisotopic (exact) mass is 347 g/mol. The van der Waals surface area contributed by atoms with Crippen molar-refractivity contribution in [1.82, 2.24) is 9.97 Å². The van der Waals surface area contributed by atoms with Gasteiger partial charge in [0.25, 0.3) is 0 Å². The average molecular weight is 348 g/mol. The Hall–Kier alpha value is -1.17. The molecule has 21 heavy (non-hydrogen) atoms. The molecule has 0 radical (unpaired) electrons. The first-order valence-corrected chi connectivity index (χ1v) is 8.06. The van der Waals surface area contributed by atoms with E-state index in [1.165, 1.54) is 20.4 Å². The lowest BCUT2D eigenvalue weighted by Crippen LogP contribution is -2.13. The molecular formula is C12H12Cl2N3O3P. The molecule has 2 aromatic rings. The number of para-hydroxylation sites is 1. The smallest absolute Gasteiger partial charge is 0.338 e.